The number of benzene rings is 1. The number of ether oxygens (including phenoxy) is 1. The van der Waals surface area contributed by atoms with Gasteiger partial charge in [-0.25, -0.2) is 0 Å². The van der Waals surface area contributed by atoms with Crippen LogP contribution in [0.2, 0.25) is 0 Å². The van der Waals surface area contributed by atoms with Crippen molar-refractivity contribution in [2.24, 2.45) is 5.73 Å². The third kappa shape index (κ3) is 2.68. The lowest BCUT2D eigenvalue weighted by molar-refractivity contribution is 0.407. The molecule has 2 aromatic rings. The Labute approximate surface area is 114 Å². The van der Waals surface area contributed by atoms with Crippen LogP contribution in [0.1, 0.15) is 17.2 Å². The van der Waals surface area contributed by atoms with Crippen molar-refractivity contribution in [2.45, 2.75) is 5.92 Å². The van der Waals surface area contributed by atoms with E-state index in [1.54, 1.807) is 25.7 Å². The molecule has 0 saturated carbocycles. The zero-order chi connectivity index (χ0) is 13.0. The molecule has 1 aromatic heterocycles. The first-order valence-corrected chi connectivity index (χ1v) is 6.35. The fourth-order valence-electron chi connectivity index (χ4n) is 1.88. The van der Waals surface area contributed by atoms with Crippen LogP contribution in [0.25, 0.3) is 0 Å². The molecule has 2 rings (SSSR count). The summed E-state index contributed by atoms with van der Waals surface area (Å²) in [6.45, 7) is 0.450. The molecular weight excluding hydrogens is 294 g/mol. The van der Waals surface area contributed by atoms with Crippen molar-refractivity contribution >= 4 is 15.9 Å². The van der Waals surface area contributed by atoms with Crippen LogP contribution in [0, 0.1) is 0 Å². The lowest BCUT2D eigenvalue weighted by Gasteiger charge is -2.17. The highest BCUT2D eigenvalue weighted by Crippen LogP contribution is 2.32. The molecule has 1 aromatic carbocycles. The molecule has 0 aliphatic rings. The van der Waals surface area contributed by atoms with E-state index < -0.39 is 0 Å². The molecule has 0 fully saturated rings. The Morgan fingerprint density at radius 3 is 2.83 bits per heavy atom. The number of aromatic nitrogens is 2. The van der Waals surface area contributed by atoms with Crippen molar-refractivity contribution in [3.8, 4) is 5.75 Å². The molecule has 0 aliphatic carbocycles. The maximum atomic E-state index is 5.87. The summed E-state index contributed by atoms with van der Waals surface area (Å²) in [4.78, 5) is 8.40. The van der Waals surface area contributed by atoms with E-state index >= 15 is 0 Å². The number of nitrogens with two attached hydrogens (primary N) is 1. The summed E-state index contributed by atoms with van der Waals surface area (Å²) in [5.41, 5.74) is 7.72. The second kappa shape index (κ2) is 5.93. The molecule has 0 aliphatic heterocycles. The maximum absolute atomic E-state index is 5.87. The van der Waals surface area contributed by atoms with Crippen LogP contribution in [0.4, 0.5) is 0 Å². The van der Waals surface area contributed by atoms with E-state index in [2.05, 4.69) is 25.9 Å². The van der Waals surface area contributed by atoms with Crippen LogP contribution >= 0.6 is 15.9 Å². The van der Waals surface area contributed by atoms with E-state index in [9.17, 15) is 0 Å². The molecule has 0 saturated heterocycles. The van der Waals surface area contributed by atoms with Crippen molar-refractivity contribution in [3.63, 3.8) is 0 Å². The van der Waals surface area contributed by atoms with E-state index in [4.69, 9.17) is 10.5 Å². The van der Waals surface area contributed by atoms with Crippen molar-refractivity contribution in [1.82, 2.24) is 9.97 Å². The average Bonchev–Trinajstić information content (AvgIpc) is 2.41. The molecule has 1 atom stereocenters. The van der Waals surface area contributed by atoms with Gasteiger partial charge in [0, 0.05) is 41.1 Å². The summed E-state index contributed by atoms with van der Waals surface area (Å²) in [5, 5.41) is 0. The van der Waals surface area contributed by atoms with Gasteiger partial charge in [0.25, 0.3) is 0 Å². The number of halogens is 1. The van der Waals surface area contributed by atoms with Crippen LogP contribution < -0.4 is 10.5 Å². The lowest BCUT2D eigenvalue weighted by atomic mass is 9.95. The van der Waals surface area contributed by atoms with E-state index in [-0.39, 0.29) is 5.92 Å². The summed E-state index contributed by atoms with van der Waals surface area (Å²) in [6, 6.07) is 5.86. The fourth-order valence-corrected chi connectivity index (χ4v) is 2.25. The molecule has 5 heteroatoms. The lowest BCUT2D eigenvalue weighted by Crippen LogP contribution is -2.16. The quantitative estimate of drug-likeness (QED) is 0.942. The van der Waals surface area contributed by atoms with Crippen molar-refractivity contribution in [3.05, 3.63) is 52.5 Å². The summed E-state index contributed by atoms with van der Waals surface area (Å²) >= 11 is 3.46. The zero-order valence-corrected chi connectivity index (χ0v) is 11.6. The first-order valence-electron chi connectivity index (χ1n) is 5.55. The largest absolute Gasteiger partial charge is 0.496 e. The van der Waals surface area contributed by atoms with Crippen LogP contribution in [0.5, 0.6) is 5.75 Å². The number of hydrogen-bond donors (Lipinski definition) is 1. The van der Waals surface area contributed by atoms with Gasteiger partial charge >= 0.3 is 0 Å². The smallest absolute Gasteiger partial charge is 0.122 e. The summed E-state index contributed by atoms with van der Waals surface area (Å²) in [6.07, 6.45) is 5.05. The van der Waals surface area contributed by atoms with Crippen molar-refractivity contribution in [1.29, 1.82) is 0 Å². The number of hydrogen-bond acceptors (Lipinski definition) is 4. The molecule has 1 unspecified atom stereocenters. The van der Waals surface area contributed by atoms with Crippen molar-refractivity contribution < 1.29 is 4.74 Å². The number of nitrogens with zero attached hydrogens (tertiary/aromatic N) is 2. The topological polar surface area (TPSA) is 61.0 Å². The average molecular weight is 308 g/mol. The van der Waals surface area contributed by atoms with Crippen LogP contribution in [0.15, 0.2) is 41.3 Å². The van der Waals surface area contributed by atoms with E-state index in [1.165, 1.54) is 0 Å². The van der Waals surface area contributed by atoms with Crippen molar-refractivity contribution in [2.75, 3.05) is 13.7 Å². The predicted molar refractivity (Wildman–Crippen MR) is 73.6 cm³/mol. The van der Waals surface area contributed by atoms with Gasteiger partial charge in [0.1, 0.15) is 5.75 Å². The van der Waals surface area contributed by atoms with Gasteiger partial charge in [-0.15, -0.1) is 0 Å². The van der Waals surface area contributed by atoms with Crippen LogP contribution in [0.3, 0.4) is 0 Å². The Hall–Kier alpha value is -1.46. The molecule has 0 spiro atoms. The van der Waals surface area contributed by atoms with Gasteiger partial charge in [0.15, 0.2) is 0 Å². The molecule has 0 radical (unpaired) electrons. The standard InChI is InChI=1S/C13H14BrN3O/c1-18-13-3-2-9(14)6-10(13)11(7-15)12-8-16-4-5-17-12/h2-6,8,11H,7,15H2,1H3. The Morgan fingerprint density at radius 1 is 1.39 bits per heavy atom. The van der Waals surface area contributed by atoms with Gasteiger partial charge < -0.3 is 10.5 Å². The summed E-state index contributed by atoms with van der Waals surface area (Å²) < 4.78 is 6.37. The first kappa shape index (κ1) is 13.0. The Bertz CT molecular complexity index is 519. The van der Waals surface area contributed by atoms with E-state index in [1.807, 2.05) is 18.2 Å². The maximum Gasteiger partial charge on any atom is 0.122 e. The van der Waals surface area contributed by atoms with Gasteiger partial charge in [-0.1, -0.05) is 15.9 Å². The Balaban J connectivity index is 2.48. The molecule has 94 valence electrons. The zero-order valence-electron chi connectivity index (χ0n) is 10.0. The number of methoxy groups -OCH3 is 1. The van der Waals surface area contributed by atoms with Gasteiger partial charge in [0.2, 0.25) is 0 Å². The highest BCUT2D eigenvalue weighted by atomic mass is 79.9. The van der Waals surface area contributed by atoms with Gasteiger partial charge in [-0.05, 0) is 18.2 Å². The fraction of sp³-hybridized carbons (Fsp3) is 0.231. The molecule has 2 N–H and O–H groups in total. The van der Waals surface area contributed by atoms with Gasteiger partial charge in [-0.3, -0.25) is 9.97 Å². The SMILES string of the molecule is COc1ccc(Br)cc1C(CN)c1cnccn1. The summed E-state index contributed by atoms with van der Waals surface area (Å²) in [5.74, 6) is 0.783. The van der Waals surface area contributed by atoms with Gasteiger partial charge in [0.05, 0.1) is 12.8 Å². The monoisotopic (exact) mass is 307 g/mol. The Morgan fingerprint density at radius 2 is 2.22 bits per heavy atom. The minimum absolute atomic E-state index is 0.0221. The molecule has 4 nitrogen and oxygen atoms in total. The van der Waals surface area contributed by atoms with Crippen LogP contribution in [-0.4, -0.2) is 23.6 Å². The highest BCUT2D eigenvalue weighted by Gasteiger charge is 2.18. The van der Waals surface area contributed by atoms with E-state index in [0.29, 0.717) is 6.54 Å². The molecule has 0 bridgehead atoms. The Kier molecular flexibility index (Phi) is 4.28. The minimum atomic E-state index is -0.0221. The normalized spacial score (nSPS) is 12.2. The highest BCUT2D eigenvalue weighted by molar-refractivity contribution is 9.10. The van der Waals surface area contributed by atoms with E-state index in [0.717, 1.165) is 21.5 Å². The second-order valence-electron chi connectivity index (χ2n) is 3.80. The van der Waals surface area contributed by atoms with Gasteiger partial charge in [-0.2, -0.15) is 0 Å². The third-order valence-corrected chi connectivity index (χ3v) is 3.24. The summed E-state index contributed by atoms with van der Waals surface area (Å²) in [7, 11) is 1.65. The minimum Gasteiger partial charge on any atom is -0.496 e. The molecule has 1 heterocycles. The first-order chi connectivity index (χ1) is 8.76. The molecular formula is C13H14BrN3O. The molecule has 18 heavy (non-hydrogen) atoms. The second-order valence-corrected chi connectivity index (χ2v) is 4.72. The number of rotatable bonds is 4. The molecule has 0 amide bonds. The predicted octanol–water partition coefficient (Wildman–Crippen LogP) is 2.34. The van der Waals surface area contributed by atoms with Crippen LogP contribution in [-0.2, 0) is 0 Å². The third-order valence-electron chi connectivity index (χ3n) is 2.74.